The van der Waals surface area contributed by atoms with Crippen molar-refractivity contribution in [3.8, 4) is 6.07 Å². The van der Waals surface area contributed by atoms with E-state index in [0.29, 0.717) is 18.8 Å². The predicted octanol–water partition coefficient (Wildman–Crippen LogP) is 0.454. The summed E-state index contributed by atoms with van der Waals surface area (Å²) in [5, 5.41) is 17.5. The van der Waals surface area contributed by atoms with Gasteiger partial charge in [-0.2, -0.15) is 17.0 Å². The second kappa shape index (κ2) is 6.35. The number of amides is 2. The standard InChI is InChI=1S/C10H15N3O3S/c1-12(4-2-3-11)10(16)13-5-6-17-7-8(13)9(14)15/h8H,2,4-7H2,1H3,(H,14,15). The Morgan fingerprint density at radius 1 is 1.65 bits per heavy atom. The molecule has 1 atom stereocenters. The molecule has 0 bridgehead atoms. The van der Waals surface area contributed by atoms with Crippen LogP contribution in [0.2, 0.25) is 0 Å². The fourth-order valence-electron chi connectivity index (χ4n) is 1.57. The van der Waals surface area contributed by atoms with E-state index < -0.39 is 12.0 Å². The Morgan fingerprint density at radius 2 is 2.35 bits per heavy atom. The van der Waals surface area contributed by atoms with E-state index in [1.807, 2.05) is 6.07 Å². The van der Waals surface area contributed by atoms with Gasteiger partial charge in [-0.1, -0.05) is 0 Å². The number of carboxylic acid groups (broad SMARTS) is 1. The highest BCUT2D eigenvalue weighted by Gasteiger charge is 2.33. The van der Waals surface area contributed by atoms with E-state index in [1.54, 1.807) is 7.05 Å². The van der Waals surface area contributed by atoms with E-state index in [-0.39, 0.29) is 12.5 Å². The van der Waals surface area contributed by atoms with Crippen molar-refractivity contribution in [2.75, 3.05) is 31.6 Å². The minimum absolute atomic E-state index is 0.253. The lowest BCUT2D eigenvalue weighted by Gasteiger charge is -2.35. The van der Waals surface area contributed by atoms with Crippen LogP contribution < -0.4 is 0 Å². The highest BCUT2D eigenvalue weighted by atomic mass is 32.2. The predicted molar refractivity (Wildman–Crippen MR) is 63.7 cm³/mol. The van der Waals surface area contributed by atoms with Gasteiger partial charge in [0, 0.05) is 31.6 Å². The van der Waals surface area contributed by atoms with Crippen LogP contribution in [0.3, 0.4) is 0 Å². The Balaban J connectivity index is 2.65. The monoisotopic (exact) mass is 257 g/mol. The molecule has 94 valence electrons. The van der Waals surface area contributed by atoms with E-state index in [1.165, 1.54) is 21.6 Å². The van der Waals surface area contributed by atoms with Crippen LogP contribution in [0.5, 0.6) is 0 Å². The van der Waals surface area contributed by atoms with Crippen LogP contribution in [-0.4, -0.2) is 64.6 Å². The zero-order valence-corrected chi connectivity index (χ0v) is 10.4. The molecular formula is C10H15N3O3S. The second-order valence-corrected chi connectivity index (χ2v) is 4.88. The number of nitriles is 1. The van der Waals surface area contributed by atoms with Crippen LogP contribution >= 0.6 is 11.8 Å². The second-order valence-electron chi connectivity index (χ2n) is 3.73. The van der Waals surface area contributed by atoms with Gasteiger partial charge in [-0.05, 0) is 0 Å². The van der Waals surface area contributed by atoms with Gasteiger partial charge < -0.3 is 14.9 Å². The molecule has 0 radical (unpaired) electrons. The van der Waals surface area contributed by atoms with Crippen molar-refractivity contribution in [1.82, 2.24) is 9.80 Å². The first-order valence-electron chi connectivity index (χ1n) is 5.27. The molecule has 6 nitrogen and oxygen atoms in total. The maximum absolute atomic E-state index is 12.0. The van der Waals surface area contributed by atoms with Gasteiger partial charge in [0.15, 0.2) is 0 Å². The summed E-state index contributed by atoms with van der Waals surface area (Å²) in [5.74, 6) is 0.202. The Hall–Kier alpha value is -1.42. The van der Waals surface area contributed by atoms with Crippen LogP contribution in [-0.2, 0) is 4.79 Å². The first-order valence-corrected chi connectivity index (χ1v) is 6.42. The molecule has 0 aromatic carbocycles. The van der Waals surface area contributed by atoms with Crippen molar-refractivity contribution in [2.24, 2.45) is 0 Å². The zero-order chi connectivity index (χ0) is 12.8. The minimum atomic E-state index is -0.973. The van der Waals surface area contributed by atoms with Crippen molar-refractivity contribution in [2.45, 2.75) is 12.5 Å². The summed E-state index contributed by atoms with van der Waals surface area (Å²) in [7, 11) is 1.58. The number of hydrogen-bond donors (Lipinski definition) is 1. The molecule has 1 fully saturated rings. The minimum Gasteiger partial charge on any atom is -0.480 e. The van der Waals surface area contributed by atoms with Gasteiger partial charge in [-0.25, -0.2) is 9.59 Å². The van der Waals surface area contributed by atoms with Crippen molar-refractivity contribution in [3.05, 3.63) is 0 Å². The molecule has 2 amide bonds. The summed E-state index contributed by atoms with van der Waals surface area (Å²) < 4.78 is 0. The van der Waals surface area contributed by atoms with Gasteiger partial charge in [-0.15, -0.1) is 0 Å². The lowest BCUT2D eigenvalue weighted by atomic mass is 10.3. The summed E-state index contributed by atoms with van der Waals surface area (Å²) in [4.78, 5) is 25.8. The van der Waals surface area contributed by atoms with Crippen molar-refractivity contribution in [3.63, 3.8) is 0 Å². The molecule has 0 saturated carbocycles. The van der Waals surface area contributed by atoms with Crippen LogP contribution in [0.25, 0.3) is 0 Å². The number of nitrogens with zero attached hydrogens (tertiary/aromatic N) is 3. The normalized spacial score (nSPS) is 19.5. The van der Waals surface area contributed by atoms with Gasteiger partial charge in [0.05, 0.1) is 12.5 Å². The van der Waals surface area contributed by atoms with Gasteiger partial charge in [0.25, 0.3) is 0 Å². The molecule has 0 aromatic rings. The van der Waals surface area contributed by atoms with E-state index in [4.69, 9.17) is 10.4 Å². The Labute approximate surface area is 104 Å². The molecule has 1 rings (SSSR count). The molecule has 0 aromatic heterocycles. The molecule has 0 spiro atoms. The third kappa shape index (κ3) is 3.53. The lowest BCUT2D eigenvalue weighted by molar-refractivity contribution is -0.141. The van der Waals surface area contributed by atoms with Crippen LogP contribution in [0.1, 0.15) is 6.42 Å². The lowest BCUT2D eigenvalue weighted by Crippen LogP contribution is -2.54. The van der Waals surface area contributed by atoms with Crippen LogP contribution in [0, 0.1) is 11.3 Å². The molecule has 7 heteroatoms. The van der Waals surface area contributed by atoms with E-state index >= 15 is 0 Å². The number of rotatable bonds is 3. The molecule has 1 N–H and O–H groups in total. The number of urea groups is 1. The molecule has 1 aliphatic heterocycles. The number of thioether (sulfide) groups is 1. The Kier molecular flexibility index (Phi) is 5.10. The summed E-state index contributed by atoms with van der Waals surface area (Å²) >= 11 is 1.54. The molecule has 1 unspecified atom stereocenters. The topological polar surface area (TPSA) is 84.6 Å². The van der Waals surface area contributed by atoms with Gasteiger partial charge in [-0.3, -0.25) is 0 Å². The van der Waals surface area contributed by atoms with E-state index in [9.17, 15) is 9.59 Å². The highest BCUT2D eigenvalue weighted by Crippen LogP contribution is 2.18. The highest BCUT2D eigenvalue weighted by molar-refractivity contribution is 7.99. The number of carbonyl (C=O) groups is 2. The first-order chi connectivity index (χ1) is 8.07. The summed E-state index contributed by atoms with van der Waals surface area (Å²) in [5.41, 5.74) is 0. The van der Waals surface area contributed by atoms with E-state index in [0.717, 1.165) is 5.75 Å². The summed E-state index contributed by atoms with van der Waals surface area (Å²) in [6, 6.07) is 0.887. The summed E-state index contributed by atoms with van der Waals surface area (Å²) in [6.07, 6.45) is 0.253. The van der Waals surface area contributed by atoms with Gasteiger partial charge in [0.1, 0.15) is 6.04 Å². The third-order valence-corrected chi connectivity index (χ3v) is 3.57. The average Bonchev–Trinajstić information content (AvgIpc) is 2.34. The van der Waals surface area contributed by atoms with Crippen molar-refractivity contribution >= 4 is 23.8 Å². The van der Waals surface area contributed by atoms with Crippen molar-refractivity contribution in [1.29, 1.82) is 5.26 Å². The van der Waals surface area contributed by atoms with Crippen LogP contribution in [0.4, 0.5) is 4.79 Å². The van der Waals surface area contributed by atoms with E-state index in [2.05, 4.69) is 0 Å². The number of hydrogen-bond acceptors (Lipinski definition) is 4. The SMILES string of the molecule is CN(CCC#N)C(=O)N1CCSCC1C(=O)O. The number of aliphatic carboxylic acids is 1. The molecule has 17 heavy (non-hydrogen) atoms. The number of carboxylic acids is 1. The maximum Gasteiger partial charge on any atom is 0.327 e. The molecule has 1 heterocycles. The molecule has 1 aliphatic rings. The smallest absolute Gasteiger partial charge is 0.327 e. The molecule has 0 aliphatic carbocycles. The van der Waals surface area contributed by atoms with Gasteiger partial charge in [0.2, 0.25) is 0 Å². The summed E-state index contributed by atoms with van der Waals surface area (Å²) in [6.45, 7) is 0.767. The number of carbonyl (C=O) groups excluding carboxylic acids is 1. The molecule has 1 saturated heterocycles. The Morgan fingerprint density at radius 3 is 2.94 bits per heavy atom. The zero-order valence-electron chi connectivity index (χ0n) is 9.63. The largest absolute Gasteiger partial charge is 0.480 e. The quantitative estimate of drug-likeness (QED) is 0.793. The van der Waals surface area contributed by atoms with Crippen molar-refractivity contribution < 1.29 is 14.7 Å². The third-order valence-electron chi connectivity index (χ3n) is 2.54. The first kappa shape index (κ1) is 13.6. The Bertz CT molecular complexity index is 342. The maximum atomic E-state index is 12.0. The fraction of sp³-hybridized carbons (Fsp3) is 0.700. The fourth-order valence-corrected chi connectivity index (χ4v) is 2.61. The molecular weight excluding hydrogens is 242 g/mol. The average molecular weight is 257 g/mol. The van der Waals surface area contributed by atoms with Gasteiger partial charge >= 0.3 is 12.0 Å². The van der Waals surface area contributed by atoms with Crippen LogP contribution in [0.15, 0.2) is 0 Å².